The molecule has 1 aromatic heterocycles. The molecular weight excluding hydrogens is 197 g/mol. The minimum absolute atomic E-state index is 0.0603. The van der Waals surface area contributed by atoms with Gasteiger partial charge in [0.1, 0.15) is 6.10 Å². The maximum Gasteiger partial charge on any atom is 0.414 e. The van der Waals surface area contributed by atoms with Crippen molar-refractivity contribution in [3.63, 3.8) is 0 Å². The third-order valence-corrected chi connectivity index (χ3v) is 1.71. The van der Waals surface area contributed by atoms with Gasteiger partial charge < -0.3 is 5.11 Å². The second kappa shape index (κ2) is 3.45. The van der Waals surface area contributed by atoms with Crippen LogP contribution in [-0.2, 0) is 7.05 Å². The van der Waals surface area contributed by atoms with E-state index in [2.05, 4.69) is 11.7 Å². The molecule has 0 radical (unpaired) electrons. The van der Waals surface area contributed by atoms with E-state index in [-0.39, 0.29) is 5.69 Å². The first kappa shape index (κ1) is 10.8. The Hall–Kier alpha value is -1.30. The first-order valence-electron chi connectivity index (χ1n) is 3.76. The highest BCUT2D eigenvalue weighted by Gasteiger charge is 2.37. The fourth-order valence-electron chi connectivity index (χ4n) is 0.912. The molecule has 6 heteroatoms. The molecule has 1 heterocycles. The number of halogens is 3. The average molecular weight is 206 g/mol. The molecule has 0 fully saturated rings. The van der Waals surface area contributed by atoms with Crippen molar-refractivity contribution in [3.8, 4) is 0 Å². The van der Waals surface area contributed by atoms with Gasteiger partial charge in [0.2, 0.25) is 0 Å². The molecule has 0 bridgehead atoms. The third kappa shape index (κ3) is 2.14. The van der Waals surface area contributed by atoms with Crippen LogP contribution in [0.4, 0.5) is 13.2 Å². The van der Waals surface area contributed by atoms with Gasteiger partial charge in [-0.1, -0.05) is 6.58 Å². The summed E-state index contributed by atoms with van der Waals surface area (Å²) in [6.07, 6.45) is -4.95. The van der Waals surface area contributed by atoms with Crippen molar-refractivity contribution in [1.82, 2.24) is 9.78 Å². The van der Waals surface area contributed by atoms with Crippen molar-refractivity contribution in [1.29, 1.82) is 0 Å². The summed E-state index contributed by atoms with van der Waals surface area (Å²) in [5, 5.41) is 12.9. The number of alkyl halides is 3. The Morgan fingerprint density at radius 2 is 2.21 bits per heavy atom. The molecule has 1 rings (SSSR count). The van der Waals surface area contributed by atoms with E-state index in [1.165, 1.54) is 16.9 Å². The van der Waals surface area contributed by atoms with E-state index >= 15 is 0 Å². The van der Waals surface area contributed by atoms with Gasteiger partial charge in [-0.3, -0.25) is 4.68 Å². The average Bonchev–Trinajstić information content (AvgIpc) is 2.47. The highest BCUT2D eigenvalue weighted by Crippen LogP contribution is 2.33. The number of nitrogens with zero attached hydrogens (tertiary/aromatic N) is 2. The fraction of sp³-hybridized carbons (Fsp3) is 0.375. The van der Waals surface area contributed by atoms with E-state index in [0.29, 0.717) is 0 Å². The van der Waals surface area contributed by atoms with Crippen molar-refractivity contribution in [2.24, 2.45) is 7.05 Å². The molecule has 1 atom stereocenters. The number of aliphatic hydroxyl groups is 1. The first-order valence-corrected chi connectivity index (χ1v) is 3.76. The van der Waals surface area contributed by atoms with E-state index in [1.807, 2.05) is 0 Å². The van der Waals surface area contributed by atoms with Crippen LogP contribution >= 0.6 is 0 Å². The molecule has 0 amide bonds. The van der Waals surface area contributed by atoms with Crippen LogP contribution in [0.3, 0.4) is 0 Å². The minimum Gasteiger partial charge on any atom is -0.382 e. The van der Waals surface area contributed by atoms with Crippen molar-refractivity contribution in [3.05, 3.63) is 30.1 Å². The Balaban J connectivity index is 2.86. The van der Waals surface area contributed by atoms with Gasteiger partial charge in [-0.15, -0.1) is 0 Å². The van der Waals surface area contributed by atoms with Gasteiger partial charge in [0, 0.05) is 13.2 Å². The largest absolute Gasteiger partial charge is 0.414 e. The summed E-state index contributed by atoms with van der Waals surface area (Å²) in [4.78, 5) is 0. The van der Waals surface area contributed by atoms with Crippen LogP contribution in [0.25, 0.3) is 0 Å². The van der Waals surface area contributed by atoms with Crippen LogP contribution in [0.15, 0.2) is 24.4 Å². The topological polar surface area (TPSA) is 38.0 Å². The number of hydrogen-bond donors (Lipinski definition) is 1. The molecule has 78 valence electrons. The van der Waals surface area contributed by atoms with Gasteiger partial charge in [-0.2, -0.15) is 18.3 Å². The van der Waals surface area contributed by atoms with Crippen molar-refractivity contribution in [2.75, 3.05) is 0 Å². The van der Waals surface area contributed by atoms with Crippen LogP contribution in [0.2, 0.25) is 0 Å². The minimum atomic E-state index is -4.60. The van der Waals surface area contributed by atoms with E-state index in [1.54, 1.807) is 7.05 Å². The maximum atomic E-state index is 12.1. The van der Waals surface area contributed by atoms with Crippen molar-refractivity contribution in [2.45, 2.75) is 12.3 Å². The fourth-order valence-corrected chi connectivity index (χ4v) is 0.912. The maximum absolute atomic E-state index is 12.1. The zero-order valence-electron chi connectivity index (χ0n) is 7.41. The highest BCUT2D eigenvalue weighted by molar-refractivity contribution is 5.19. The monoisotopic (exact) mass is 206 g/mol. The first-order chi connectivity index (χ1) is 6.32. The lowest BCUT2D eigenvalue weighted by molar-refractivity contribution is -0.105. The van der Waals surface area contributed by atoms with Crippen LogP contribution in [0.1, 0.15) is 11.8 Å². The quantitative estimate of drug-likeness (QED) is 0.746. The molecule has 0 spiro atoms. The molecule has 0 aliphatic carbocycles. The van der Waals surface area contributed by atoms with Crippen LogP contribution in [0.5, 0.6) is 0 Å². The lowest BCUT2D eigenvalue weighted by atomic mass is 10.1. The molecule has 0 aromatic carbocycles. The van der Waals surface area contributed by atoms with Gasteiger partial charge >= 0.3 is 6.18 Å². The molecule has 0 saturated heterocycles. The van der Waals surface area contributed by atoms with Gasteiger partial charge in [0.25, 0.3) is 0 Å². The van der Waals surface area contributed by atoms with Gasteiger partial charge in [-0.05, 0) is 6.07 Å². The Labute approximate surface area is 78.5 Å². The lowest BCUT2D eigenvalue weighted by Gasteiger charge is -2.14. The number of aliphatic hydroxyl groups excluding tert-OH is 1. The van der Waals surface area contributed by atoms with E-state index < -0.39 is 17.9 Å². The van der Waals surface area contributed by atoms with Crippen molar-refractivity contribution < 1.29 is 18.3 Å². The number of aryl methyl sites for hydroxylation is 1. The molecule has 3 nitrogen and oxygen atoms in total. The second-order valence-electron chi connectivity index (χ2n) is 2.84. The van der Waals surface area contributed by atoms with Crippen LogP contribution in [-0.4, -0.2) is 21.1 Å². The summed E-state index contributed by atoms with van der Waals surface area (Å²) in [5.74, 6) is 0. The number of rotatable bonds is 2. The molecule has 1 aromatic rings. The van der Waals surface area contributed by atoms with Gasteiger partial charge in [0.15, 0.2) is 0 Å². The summed E-state index contributed by atoms with van der Waals surface area (Å²) >= 11 is 0. The SMILES string of the molecule is C=C(C(O)c1ccn(C)n1)C(F)(F)F. The van der Waals surface area contributed by atoms with Crippen LogP contribution < -0.4 is 0 Å². The predicted octanol–water partition coefficient (Wildman–Crippen LogP) is 1.57. The normalized spacial score (nSPS) is 14.1. The smallest absolute Gasteiger partial charge is 0.382 e. The second-order valence-corrected chi connectivity index (χ2v) is 2.84. The Kier molecular flexibility index (Phi) is 2.66. The molecule has 14 heavy (non-hydrogen) atoms. The summed E-state index contributed by atoms with van der Waals surface area (Å²) in [5.41, 5.74) is -1.27. The van der Waals surface area contributed by atoms with Crippen molar-refractivity contribution >= 4 is 0 Å². The Bertz CT molecular complexity index is 343. The van der Waals surface area contributed by atoms with E-state index in [9.17, 15) is 18.3 Å². The lowest BCUT2D eigenvalue weighted by Crippen LogP contribution is -2.18. The molecule has 0 saturated carbocycles. The zero-order valence-corrected chi connectivity index (χ0v) is 7.41. The highest BCUT2D eigenvalue weighted by atomic mass is 19.4. The van der Waals surface area contributed by atoms with E-state index in [0.717, 1.165) is 0 Å². The van der Waals surface area contributed by atoms with Gasteiger partial charge in [-0.25, -0.2) is 0 Å². The summed E-state index contributed by atoms with van der Waals surface area (Å²) in [6, 6.07) is 1.31. The van der Waals surface area contributed by atoms with Gasteiger partial charge in [0.05, 0.1) is 11.3 Å². The zero-order chi connectivity index (χ0) is 10.9. The van der Waals surface area contributed by atoms with E-state index in [4.69, 9.17) is 0 Å². The molecular formula is C8H9F3N2O. The summed E-state index contributed by atoms with van der Waals surface area (Å²) in [6.45, 7) is 2.79. The third-order valence-electron chi connectivity index (χ3n) is 1.71. The standard InChI is InChI=1S/C8H9F3N2O/c1-5(8(9,10)11)7(14)6-3-4-13(2)12-6/h3-4,7,14H,1H2,2H3. The molecule has 1 N–H and O–H groups in total. The number of hydrogen-bond acceptors (Lipinski definition) is 2. The summed E-state index contributed by atoms with van der Waals surface area (Å²) < 4.78 is 37.6. The molecule has 1 unspecified atom stereocenters. The Morgan fingerprint density at radius 1 is 1.64 bits per heavy atom. The summed E-state index contributed by atoms with van der Waals surface area (Å²) in [7, 11) is 1.55. The van der Waals surface area contributed by atoms with Crippen LogP contribution in [0, 0.1) is 0 Å². The molecule has 0 aliphatic heterocycles. The Morgan fingerprint density at radius 3 is 2.57 bits per heavy atom. The molecule has 0 aliphatic rings. The number of aromatic nitrogens is 2. The predicted molar refractivity (Wildman–Crippen MR) is 43.4 cm³/mol.